The zero-order valence-electron chi connectivity index (χ0n) is 11.5. The lowest BCUT2D eigenvalue weighted by Gasteiger charge is -2.17. The summed E-state index contributed by atoms with van der Waals surface area (Å²) in [5.41, 5.74) is 6.27. The van der Waals surface area contributed by atoms with E-state index in [0.717, 1.165) is 0 Å². The van der Waals surface area contributed by atoms with Crippen LogP contribution in [0.25, 0.3) is 0 Å². The minimum atomic E-state index is -0.591. The molecule has 1 unspecified atom stereocenters. The van der Waals surface area contributed by atoms with E-state index in [4.69, 9.17) is 26.8 Å². The molecule has 0 fully saturated rings. The molecule has 3 N–H and O–H groups in total. The Bertz CT molecular complexity index is 463. The molecular weight excluding hydrogens is 268 g/mol. The standard InChI is InChI=1S/C13H19ClN2O3/c1-7(2)12(15)13(17)16-9-6-10(18-3)8(14)5-11(9)19-4/h5-7,12H,15H2,1-4H3,(H,16,17). The van der Waals surface area contributed by atoms with Crippen LogP contribution in [0.4, 0.5) is 5.69 Å². The molecule has 0 bridgehead atoms. The molecule has 1 aromatic rings. The summed E-state index contributed by atoms with van der Waals surface area (Å²) in [4.78, 5) is 11.9. The van der Waals surface area contributed by atoms with E-state index in [1.54, 1.807) is 12.1 Å². The number of carbonyl (C=O) groups excluding carboxylic acids is 1. The smallest absolute Gasteiger partial charge is 0.241 e. The van der Waals surface area contributed by atoms with E-state index in [-0.39, 0.29) is 11.8 Å². The fraction of sp³-hybridized carbons (Fsp3) is 0.462. The van der Waals surface area contributed by atoms with Crippen LogP contribution in [0.3, 0.4) is 0 Å². The predicted molar refractivity (Wildman–Crippen MR) is 76.0 cm³/mol. The third kappa shape index (κ3) is 3.75. The molecule has 0 aliphatic heterocycles. The minimum Gasteiger partial charge on any atom is -0.495 e. The highest BCUT2D eigenvalue weighted by atomic mass is 35.5. The van der Waals surface area contributed by atoms with Crippen LogP contribution < -0.4 is 20.5 Å². The first-order chi connectivity index (χ1) is 8.90. The van der Waals surface area contributed by atoms with E-state index in [0.29, 0.717) is 22.2 Å². The van der Waals surface area contributed by atoms with E-state index in [9.17, 15) is 4.79 Å². The van der Waals surface area contributed by atoms with Gasteiger partial charge >= 0.3 is 0 Å². The fourth-order valence-electron chi connectivity index (χ4n) is 1.48. The van der Waals surface area contributed by atoms with Crippen LogP contribution in [-0.2, 0) is 4.79 Å². The third-order valence-electron chi connectivity index (χ3n) is 2.75. The number of rotatable bonds is 5. The summed E-state index contributed by atoms with van der Waals surface area (Å²) in [6, 6.07) is 2.59. The Balaban J connectivity index is 3.02. The lowest BCUT2D eigenvalue weighted by Crippen LogP contribution is -2.39. The van der Waals surface area contributed by atoms with Gasteiger partial charge in [0.15, 0.2) is 0 Å². The molecule has 0 aliphatic carbocycles. The first kappa shape index (κ1) is 15.6. The van der Waals surface area contributed by atoms with Crippen molar-refractivity contribution in [1.29, 1.82) is 0 Å². The molecule has 5 nitrogen and oxygen atoms in total. The van der Waals surface area contributed by atoms with Gasteiger partial charge in [-0.05, 0) is 5.92 Å². The maximum absolute atomic E-state index is 11.9. The van der Waals surface area contributed by atoms with E-state index >= 15 is 0 Å². The average molecular weight is 287 g/mol. The maximum Gasteiger partial charge on any atom is 0.241 e. The fourth-order valence-corrected chi connectivity index (χ4v) is 1.71. The van der Waals surface area contributed by atoms with E-state index in [1.807, 2.05) is 13.8 Å². The molecule has 0 spiro atoms. The van der Waals surface area contributed by atoms with Crippen molar-refractivity contribution in [3.8, 4) is 11.5 Å². The number of halogens is 1. The lowest BCUT2D eigenvalue weighted by atomic mass is 10.0. The van der Waals surface area contributed by atoms with Crippen LogP contribution in [-0.4, -0.2) is 26.2 Å². The van der Waals surface area contributed by atoms with Gasteiger partial charge in [-0.1, -0.05) is 25.4 Å². The number of nitrogens with two attached hydrogens (primary N) is 1. The molecule has 6 heteroatoms. The van der Waals surface area contributed by atoms with Crippen LogP contribution in [0, 0.1) is 5.92 Å². The molecular formula is C13H19ClN2O3. The van der Waals surface area contributed by atoms with Crippen molar-refractivity contribution in [3.05, 3.63) is 17.2 Å². The second-order valence-corrected chi connectivity index (χ2v) is 4.85. The van der Waals surface area contributed by atoms with Gasteiger partial charge in [-0.3, -0.25) is 4.79 Å². The van der Waals surface area contributed by atoms with Crippen LogP contribution in [0.5, 0.6) is 11.5 Å². The number of nitrogens with one attached hydrogen (secondary N) is 1. The van der Waals surface area contributed by atoms with Gasteiger partial charge in [0.2, 0.25) is 5.91 Å². The molecule has 0 saturated carbocycles. The second-order valence-electron chi connectivity index (χ2n) is 4.45. The molecule has 106 valence electrons. The van der Waals surface area contributed by atoms with Gasteiger partial charge in [0.05, 0.1) is 31.0 Å². The molecule has 19 heavy (non-hydrogen) atoms. The van der Waals surface area contributed by atoms with E-state index in [1.165, 1.54) is 14.2 Å². The van der Waals surface area contributed by atoms with Crippen molar-refractivity contribution in [3.63, 3.8) is 0 Å². The summed E-state index contributed by atoms with van der Waals surface area (Å²) in [5.74, 6) is 0.670. The Hall–Kier alpha value is -1.46. The highest BCUT2D eigenvalue weighted by Crippen LogP contribution is 2.35. The number of hydrogen-bond acceptors (Lipinski definition) is 4. The monoisotopic (exact) mass is 286 g/mol. The Morgan fingerprint density at radius 1 is 1.26 bits per heavy atom. The second kappa shape index (κ2) is 6.63. The van der Waals surface area contributed by atoms with Crippen molar-refractivity contribution in [2.24, 2.45) is 11.7 Å². The first-order valence-electron chi connectivity index (χ1n) is 5.88. The summed E-state index contributed by atoms with van der Waals surface area (Å²) < 4.78 is 10.3. The Kier molecular flexibility index (Phi) is 5.44. The first-order valence-corrected chi connectivity index (χ1v) is 6.26. The van der Waals surface area contributed by atoms with Crippen LogP contribution in [0.2, 0.25) is 5.02 Å². The Morgan fingerprint density at radius 2 is 1.84 bits per heavy atom. The molecule has 1 rings (SSSR count). The number of hydrogen-bond donors (Lipinski definition) is 2. The maximum atomic E-state index is 11.9. The van der Waals surface area contributed by atoms with Gasteiger partial charge in [0, 0.05) is 12.1 Å². The Morgan fingerprint density at radius 3 is 2.32 bits per heavy atom. The summed E-state index contributed by atoms with van der Waals surface area (Å²) in [7, 11) is 3.00. The van der Waals surface area contributed by atoms with Crippen molar-refractivity contribution in [2.45, 2.75) is 19.9 Å². The summed E-state index contributed by atoms with van der Waals surface area (Å²) in [6.07, 6.45) is 0. The van der Waals surface area contributed by atoms with Gasteiger partial charge in [-0.25, -0.2) is 0 Å². The topological polar surface area (TPSA) is 73.6 Å². The molecule has 1 amide bonds. The third-order valence-corrected chi connectivity index (χ3v) is 3.05. The van der Waals surface area contributed by atoms with Crippen molar-refractivity contribution >= 4 is 23.2 Å². The zero-order chi connectivity index (χ0) is 14.6. The number of anilines is 1. The van der Waals surface area contributed by atoms with Gasteiger partial charge in [0.25, 0.3) is 0 Å². The summed E-state index contributed by atoms with van der Waals surface area (Å²) in [5, 5.41) is 3.12. The number of amides is 1. The van der Waals surface area contributed by atoms with Crippen molar-refractivity contribution in [1.82, 2.24) is 0 Å². The minimum absolute atomic E-state index is 0.0418. The Labute approximate surface area is 118 Å². The normalized spacial score (nSPS) is 12.2. The van der Waals surface area contributed by atoms with Gasteiger partial charge < -0.3 is 20.5 Å². The molecule has 0 aliphatic rings. The lowest BCUT2D eigenvalue weighted by molar-refractivity contribution is -0.118. The molecule has 1 atom stereocenters. The number of methoxy groups -OCH3 is 2. The molecule has 0 heterocycles. The molecule has 0 saturated heterocycles. The van der Waals surface area contributed by atoms with Crippen molar-refractivity contribution < 1.29 is 14.3 Å². The van der Waals surface area contributed by atoms with E-state index < -0.39 is 6.04 Å². The largest absolute Gasteiger partial charge is 0.495 e. The summed E-state index contributed by atoms with van der Waals surface area (Å²) in [6.45, 7) is 3.76. The SMILES string of the molecule is COc1cc(NC(=O)C(N)C(C)C)c(OC)cc1Cl. The number of benzene rings is 1. The van der Waals surface area contributed by atoms with Gasteiger partial charge in [-0.2, -0.15) is 0 Å². The molecule has 0 aromatic heterocycles. The van der Waals surface area contributed by atoms with Gasteiger partial charge in [0.1, 0.15) is 11.5 Å². The van der Waals surface area contributed by atoms with E-state index in [2.05, 4.69) is 5.32 Å². The van der Waals surface area contributed by atoms with Crippen LogP contribution >= 0.6 is 11.6 Å². The predicted octanol–water partition coefficient (Wildman–Crippen LogP) is 2.28. The quantitative estimate of drug-likeness (QED) is 0.871. The number of ether oxygens (including phenoxy) is 2. The van der Waals surface area contributed by atoms with Crippen LogP contribution in [0.15, 0.2) is 12.1 Å². The van der Waals surface area contributed by atoms with Crippen molar-refractivity contribution in [2.75, 3.05) is 19.5 Å². The molecule has 1 aromatic carbocycles. The molecule has 0 radical (unpaired) electrons. The zero-order valence-corrected chi connectivity index (χ0v) is 12.2. The summed E-state index contributed by atoms with van der Waals surface area (Å²) >= 11 is 5.99. The van der Waals surface area contributed by atoms with Crippen LogP contribution in [0.1, 0.15) is 13.8 Å². The highest BCUT2D eigenvalue weighted by Gasteiger charge is 2.19. The average Bonchev–Trinajstić information content (AvgIpc) is 2.38. The highest BCUT2D eigenvalue weighted by molar-refractivity contribution is 6.32. The van der Waals surface area contributed by atoms with Gasteiger partial charge in [-0.15, -0.1) is 0 Å². The number of carbonyl (C=O) groups is 1.